The van der Waals surface area contributed by atoms with E-state index in [4.69, 9.17) is 13.6 Å². The molecule has 1 aliphatic heterocycles. The summed E-state index contributed by atoms with van der Waals surface area (Å²) < 4.78 is 88.2. The van der Waals surface area contributed by atoms with Crippen molar-refractivity contribution in [3.63, 3.8) is 0 Å². The van der Waals surface area contributed by atoms with Gasteiger partial charge in [-0.2, -0.15) is 13.2 Å². The Morgan fingerprint density at radius 3 is 2.73 bits per heavy atom. The number of halogens is 4. The molecule has 37 heavy (non-hydrogen) atoms. The first kappa shape index (κ1) is 23.0. The summed E-state index contributed by atoms with van der Waals surface area (Å²) in [5.41, 5.74) is -0.188. The number of hydrogen-bond acceptors (Lipinski definition) is 8. The summed E-state index contributed by atoms with van der Waals surface area (Å²) in [4.78, 5) is 26.0. The number of alkyl halides is 3. The Kier molecular flexibility index (Phi) is 6.88. The number of thiazole rings is 1. The van der Waals surface area contributed by atoms with Gasteiger partial charge in [0.05, 0.1) is 23.8 Å². The van der Waals surface area contributed by atoms with Crippen molar-refractivity contribution in [1.82, 2.24) is 25.2 Å². The van der Waals surface area contributed by atoms with Crippen molar-refractivity contribution < 1.29 is 35.9 Å². The summed E-state index contributed by atoms with van der Waals surface area (Å²) in [5, 5.41) is 2.85. The normalized spacial score (nSPS) is 19.0. The lowest BCUT2D eigenvalue weighted by molar-refractivity contribution is -0.145. The quantitative estimate of drug-likeness (QED) is 0.446. The van der Waals surface area contributed by atoms with Gasteiger partial charge in [0, 0.05) is 46.2 Å². The third kappa shape index (κ3) is 6.59. The molecule has 8 nitrogen and oxygen atoms in total. The van der Waals surface area contributed by atoms with Crippen molar-refractivity contribution in [2.75, 3.05) is 33.3 Å². The van der Waals surface area contributed by atoms with Crippen LogP contribution in [-0.2, 0) is 10.9 Å². The predicted octanol–water partition coefficient (Wildman–Crippen LogP) is 4.27. The fourth-order valence-electron chi connectivity index (χ4n) is 3.56. The highest BCUT2D eigenvalue weighted by molar-refractivity contribution is 7.14. The standard InChI is InChI=1S/C24H25F4N5O3S/c1-13-8-29-22(37-13)19-7-16(36-12-17-11-33(3)4-5-35-17)6-18(20(19)25)21(34)32-14(2)15-9-30-23(31-10-15)24(26,27)28/h6-10,14,17H,4-5,11-12H2,1-3H3,(H,32,34)/t14-,17-/m1/s1/i3D3. The SMILES string of the molecule is [2H]C([2H])([2H])N1CCO[C@@H](COc2cc(C(=O)N[C@H](C)c3cnc(C(F)(F)F)nc3)c(F)c(-c3ncc(C)s3)c2)C1. The Labute approximate surface area is 218 Å². The zero-order chi connectivity index (χ0) is 29.2. The van der Waals surface area contributed by atoms with Crippen LogP contribution in [0.15, 0.2) is 30.7 Å². The van der Waals surface area contributed by atoms with Crippen molar-refractivity contribution in [3.05, 3.63) is 58.4 Å². The van der Waals surface area contributed by atoms with Gasteiger partial charge in [0.25, 0.3) is 5.91 Å². The number of amides is 1. The molecule has 0 spiro atoms. The minimum absolute atomic E-state index is 0.0138. The van der Waals surface area contributed by atoms with Crippen LogP contribution in [0, 0.1) is 12.7 Å². The van der Waals surface area contributed by atoms with Crippen LogP contribution >= 0.6 is 11.3 Å². The van der Waals surface area contributed by atoms with Gasteiger partial charge < -0.3 is 19.7 Å². The molecule has 13 heteroatoms. The maximum Gasteiger partial charge on any atom is 0.451 e. The molecule has 1 saturated heterocycles. The third-order valence-corrected chi connectivity index (χ3v) is 6.44. The van der Waals surface area contributed by atoms with Gasteiger partial charge >= 0.3 is 6.18 Å². The number of aryl methyl sites for hydroxylation is 1. The molecule has 1 N–H and O–H groups in total. The Morgan fingerprint density at radius 2 is 2.08 bits per heavy atom. The predicted molar refractivity (Wildman–Crippen MR) is 128 cm³/mol. The number of aromatic nitrogens is 3. The summed E-state index contributed by atoms with van der Waals surface area (Å²) in [6, 6.07) is 1.72. The number of benzene rings is 1. The van der Waals surface area contributed by atoms with Crippen LogP contribution in [0.1, 0.15) is 43.7 Å². The molecule has 1 aliphatic rings. The van der Waals surface area contributed by atoms with Gasteiger partial charge in [-0.1, -0.05) is 0 Å². The summed E-state index contributed by atoms with van der Waals surface area (Å²) in [6.45, 7) is 1.46. The topological polar surface area (TPSA) is 89.5 Å². The van der Waals surface area contributed by atoms with Crippen molar-refractivity contribution in [2.45, 2.75) is 32.2 Å². The van der Waals surface area contributed by atoms with E-state index in [0.717, 1.165) is 17.3 Å². The molecule has 0 aliphatic carbocycles. The first-order valence-electron chi connectivity index (χ1n) is 12.7. The minimum atomic E-state index is -4.72. The summed E-state index contributed by atoms with van der Waals surface area (Å²) in [5.74, 6) is -2.92. The van der Waals surface area contributed by atoms with Gasteiger partial charge in [-0.15, -0.1) is 11.3 Å². The average Bonchev–Trinajstić information content (AvgIpc) is 3.33. The van der Waals surface area contributed by atoms with Gasteiger partial charge in [-0.25, -0.2) is 19.3 Å². The first-order chi connectivity index (χ1) is 18.7. The fraction of sp³-hybridized carbons (Fsp3) is 0.417. The monoisotopic (exact) mass is 542 g/mol. The molecule has 0 radical (unpaired) electrons. The van der Waals surface area contributed by atoms with E-state index in [1.807, 2.05) is 0 Å². The highest BCUT2D eigenvalue weighted by atomic mass is 32.1. The van der Waals surface area contributed by atoms with E-state index in [1.165, 1.54) is 35.3 Å². The van der Waals surface area contributed by atoms with E-state index < -0.39 is 42.8 Å². The lowest BCUT2D eigenvalue weighted by atomic mass is 10.1. The van der Waals surface area contributed by atoms with Gasteiger partial charge in [0.2, 0.25) is 5.82 Å². The molecule has 3 aromatic rings. The molecular weight excluding hydrogens is 514 g/mol. The van der Waals surface area contributed by atoms with Gasteiger partial charge in [0.1, 0.15) is 29.3 Å². The maximum absolute atomic E-state index is 15.6. The van der Waals surface area contributed by atoms with E-state index in [0.29, 0.717) is 5.01 Å². The number of carbonyl (C=O) groups excluding carboxylic acids is 1. The summed E-state index contributed by atoms with van der Waals surface area (Å²) in [6.07, 6.45) is -1.87. The Hall–Kier alpha value is -3.16. The number of nitrogens with one attached hydrogen (secondary N) is 1. The highest BCUT2D eigenvalue weighted by Gasteiger charge is 2.34. The second kappa shape index (κ2) is 11.1. The van der Waals surface area contributed by atoms with Crippen LogP contribution in [0.25, 0.3) is 10.6 Å². The van der Waals surface area contributed by atoms with E-state index in [-0.39, 0.29) is 48.7 Å². The molecule has 1 aromatic carbocycles. The highest BCUT2D eigenvalue weighted by Crippen LogP contribution is 2.33. The van der Waals surface area contributed by atoms with Crippen LogP contribution in [0.3, 0.4) is 0 Å². The van der Waals surface area contributed by atoms with Crippen LogP contribution < -0.4 is 10.1 Å². The maximum atomic E-state index is 15.6. The molecule has 2 aromatic heterocycles. The van der Waals surface area contributed by atoms with Gasteiger partial charge in [-0.3, -0.25) is 4.79 Å². The number of rotatable bonds is 7. The van der Waals surface area contributed by atoms with Crippen molar-refractivity contribution in [3.8, 4) is 16.3 Å². The number of nitrogens with zero attached hydrogens (tertiary/aromatic N) is 4. The molecule has 0 bridgehead atoms. The molecule has 3 heterocycles. The van der Waals surface area contributed by atoms with E-state index >= 15 is 4.39 Å². The fourth-order valence-corrected chi connectivity index (χ4v) is 4.33. The largest absolute Gasteiger partial charge is 0.491 e. The molecular formula is C24H25F4N5O3S. The van der Waals surface area contributed by atoms with E-state index in [2.05, 4.69) is 20.3 Å². The number of carbonyl (C=O) groups is 1. The van der Waals surface area contributed by atoms with Crippen molar-refractivity contribution >= 4 is 17.2 Å². The van der Waals surface area contributed by atoms with Crippen molar-refractivity contribution in [2.24, 2.45) is 0 Å². The molecule has 1 fully saturated rings. The van der Waals surface area contributed by atoms with E-state index in [9.17, 15) is 18.0 Å². The Bertz CT molecular complexity index is 1360. The lowest BCUT2D eigenvalue weighted by Crippen LogP contribution is -2.42. The lowest BCUT2D eigenvalue weighted by Gasteiger charge is -2.29. The van der Waals surface area contributed by atoms with E-state index in [1.54, 1.807) is 13.1 Å². The molecule has 4 rings (SSSR count). The zero-order valence-electron chi connectivity index (χ0n) is 22.8. The van der Waals surface area contributed by atoms with Crippen LogP contribution in [-0.4, -0.2) is 65.1 Å². The van der Waals surface area contributed by atoms with Gasteiger partial charge in [-0.05, 0) is 33.0 Å². The summed E-state index contributed by atoms with van der Waals surface area (Å²) in [7, 11) is 0. The van der Waals surface area contributed by atoms with Crippen molar-refractivity contribution in [1.29, 1.82) is 0 Å². The molecule has 1 amide bonds. The number of hydrogen-bond donors (Lipinski definition) is 1. The Balaban J connectivity index is 1.56. The number of ether oxygens (including phenoxy) is 2. The molecule has 2 atom stereocenters. The first-order valence-corrected chi connectivity index (χ1v) is 12.0. The number of likely N-dealkylation sites (N-methyl/N-ethyl adjacent to an activating group) is 1. The van der Waals surface area contributed by atoms with Crippen LogP contribution in [0.2, 0.25) is 0 Å². The molecule has 0 saturated carbocycles. The average molecular weight is 543 g/mol. The number of morpholine rings is 1. The smallest absolute Gasteiger partial charge is 0.451 e. The third-order valence-electron chi connectivity index (χ3n) is 5.49. The van der Waals surface area contributed by atoms with Crippen LogP contribution in [0.5, 0.6) is 5.75 Å². The minimum Gasteiger partial charge on any atom is -0.491 e. The molecule has 198 valence electrons. The second-order valence-electron chi connectivity index (χ2n) is 8.39. The van der Waals surface area contributed by atoms with Gasteiger partial charge in [0.15, 0.2) is 0 Å². The summed E-state index contributed by atoms with van der Waals surface area (Å²) >= 11 is 1.21. The Morgan fingerprint density at radius 1 is 1.32 bits per heavy atom. The molecule has 0 unspecified atom stereocenters. The van der Waals surface area contributed by atoms with Crippen LogP contribution in [0.4, 0.5) is 17.6 Å². The second-order valence-corrected chi connectivity index (χ2v) is 9.63. The zero-order valence-corrected chi connectivity index (χ0v) is 20.6.